The van der Waals surface area contributed by atoms with Crippen molar-refractivity contribution >= 4 is 17.8 Å². The summed E-state index contributed by atoms with van der Waals surface area (Å²) in [6.07, 6.45) is 1.39. The highest BCUT2D eigenvalue weighted by Gasteiger charge is 1.98. The van der Waals surface area contributed by atoms with E-state index in [0.717, 1.165) is 5.56 Å². The Balaban J connectivity index is 2.31. The van der Waals surface area contributed by atoms with Gasteiger partial charge in [0.1, 0.15) is 0 Å². The topological polar surface area (TPSA) is 83.0 Å². The second kappa shape index (κ2) is 4.19. The van der Waals surface area contributed by atoms with Gasteiger partial charge in [0.05, 0.1) is 6.21 Å². The van der Waals surface area contributed by atoms with Gasteiger partial charge in [-0.05, 0) is 17.7 Å². The highest BCUT2D eigenvalue weighted by Crippen LogP contribution is 2.07. The smallest absolute Gasteiger partial charge is 0.246 e. The molecule has 2 N–H and O–H groups in total. The molecule has 0 unspecified atom stereocenters. The van der Waals surface area contributed by atoms with Gasteiger partial charge in [-0.15, -0.1) is 4.68 Å². The third-order valence-electron chi connectivity index (χ3n) is 1.85. The zero-order valence-electron chi connectivity index (χ0n) is 7.98. The van der Waals surface area contributed by atoms with Crippen LogP contribution in [0.5, 0.6) is 0 Å². The van der Waals surface area contributed by atoms with Gasteiger partial charge in [-0.25, -0.2) is 19.8 Å². The third-order valence-corrected chi connectivity index (χ3v) is 2.11. The Hall–Kier alpha value is -2.08. The van der Waals surface area contributed by atoms with Crippen molar-refractivity contribution in [2.24, 2.45) is 5.10 Å². The molecule has 2 rings (SSSR count). The first-order valence-electron chi connectivity index (χ1n) is 4.36. The summed E-state index contributed by atoms with van der Waals surface area (Å²) in [5, 5.41) is 8.57. The van der Waals surface area contributed by atoms with Gasteiger partial charge < -0.3 is 0 Å². The Morgan fingerprint density at radius 2 is 1.69 bits per heavy atom. The van der Waals surface area contributed by atoms with Crippen LogP contribution < -0.4 is 11.4 Å². The fourth-order valence-electron chi connectivity index (χ4n) is 1.08. The zero-order valence-corrected chi connectivity index (χ0v) is 8.73. The highest BCUT2D eigenvalue weighted by atomic mass is 35.5. The molecule has 82 valence electrons. The molecule has 0 bridgehead atoms. The van der Waals surface area contributed by atoms with Gasteiger partial charge in [0, 0.05) is 5.02 Å². The normalized spacial score (nSPS) is 11.1. The predicted octanol–water partition coefficient (Wildman–Crippen LogP) is 0.400. The van der Waals surface area contributed by atoms with Crippen molar-refractivity contribution in [3.05, 3.63) is 55.8 Å². The lowest BCUT2D eigenvalue weighted by Gasteiger charge is -1.92. The summed E-state index contributed by atoms with van der Waals surface area (Å²) < 4.78 is 0.689. The van der Waals surface area contributed by atoms with Crippen LogP contribution >= 0.6 is 11.6 Å². The number of nitrogens with zero attached hydrogens (tertiary/aromatic N) is 2. The Morgan fingerprint density at radius 3 is 2.25 bits per heavy atom. The molecule has 0 spiro atoms. The number of hydrogen-bond donors (Lipinski definition) is 2. The summed E-state index contributed by atoms with van der Waals surface area (Å²) >= 11 is 5.70. The number of H-pyrrole nitrogens is 2. The van der Waals surface area contributed by atoms with E-state index in [1.165, 1.54) is 6.21 Å². The Kier molecular flexibility index (Phi) is 2.74. The Morgan fingerprint density at radius 1 is 1.12 bits per heavy atom. The van der Waals surface area contributed by atoms with Crippen LogP contribution in [-0.4, -0.2) is 21.1 Å². The van der Waals surface area contributed by atoms with Crippen LogP contribution in [0.1, 0.15) is 5.56 Å². The van der Waals surface area contributed by atoms with Crippen molar-refractivity contribution in [2.45, 2.75) is 0 Å². The monoisotopic (exact) mass is 238 g/mol. The molecule has 1 aromatic heterocycles. The van der Waals surface area contributed by atoms with E-state index in [4.69, 9.17) is 11.6 Å². The van der Waals surface area contributed by atoms with Gasteiger partial charge in [-0.2, -0.15) is 5.10 Å². The fourth-order valence-corrected chi connectivity index (χ4v) is 1.21. The van der Waals surface area contributed by atoms with Crippen LogP contribution in [0, 0.1) is 0 Å². The molecule has 0 aliphatic heterocycles. The van der Waals surface area contributed by atoms with E-state index in [0.29, 0.717) is 9.70 Å². The van der Waals surface area contributed by atoms with Gasteiger partial charge in [-0.1, -0.05) is 23.7 Å². The van der Waals surface area contributed by atoms with Gasteiger partial charge in [-0.3, -0.25) is 0 Å². The summed E-state index contributed by atoms with van der Waals surface area (Å²) in [6.45, 7) is 0. The molecule has 0 aliphatic rings. The molecule has 1 heterocycles. The molecular formula is C9H7ClN4O2. The molecule has 0 fully saturated rings. The van der Waals surface area contributed by atoms with E-state index in [-0.39, 0.29) is 0 Å². The van der Waals surface area contributed by atoms with Crippen molar-refractivity contribution in [1.29, 1.82) is 0 Å². The van der Waals surface area contributed by atoms with Crippen molar-refractivity contribution in [3.63, 3.8) is 0 Å². The highest BCUT2D eigenvalue weighted by molar-refractivity contribution is 6.30. The second-order valence-electron chi connectivity index (χ2n) is 2.97. The van der Waals surface area contributed by atoms with Crippen LogP contribution in [-0.2, 0) is 0 Å². The van der Waals surface area contributed by atoms with E-state index >= 15 is 0 Å². The van der Waals surface area contributed by atoms with E-state index in [2.05, 4.69) is 15.3 Å². The standard InChI is InChI=1S/C9H7ClN4O2/c10-7-3-1-6(2-4-7)5-11-14-8(15)12-13-9(14)16/h1-5H,(H,12,15)(H,13,16). The molecule has 0 amide bonds. The van der Waals surface area contributed by atoms with Gasteiger partial charge in [0.15, 0.2) is 0 Å². The number of aromatic amines is 2. The maximum absolute atomic E-state index is 11.1. The van der Waals surface area contributed by atoms with E-state index < -0.39 is 11.4 Å². The number of benzene rings is 1. The fraction of sp³-hybridized carbons (Fsp3) is 0. The Bertz CT molecular complexity index is 592. The molecular weight excluding hydrogens is 232 g/mol. The lowest BCUT2D eigenvalue weighted by atomic mass is 10.2. The summed E-state index contributed by atoms with van der Waals surface area (Å²) in [6, 6.07) is 6.81. The third kappa shape index (κ3) is 2.12. The molecule has 0 atom stereocenters. The molecule has 6 nitrogen and oxygen atoms in total. The molecule has 7 heteroatoms. The lowest BCUT2D eigenvalue weighted by molar-refractivity contribution is 0.801. The first-order valence-corrected chi connectivity index (χ1v) is 4.74. The first-order chi connectivity index (χ1) is 7.66. The van der Waals surface area contributed by atoms with E-state index in [1.54, 1.807) is 24.3 Å². The predicted molar refractivity (Wildman–Crippen MR) is 60.1 cm³/mol. The summed E-state index contributed by atoms with van der Waals surface area (Å²) in [7, 11) is 0. The van der Waals surface area contributed by atoms with Crippen molar-refractivity contribution in [3.8, 4) is 0 Å². The van der Waals surface area contributed by atoms with Crippen molar-refractivity contribution < 1.29 is 0 Å². The van der Waals surface area contributed by atoms with Crippen LogP contribution in [0.3, 0.4) is 0 Å². The Labute approximate surface area is 94.2 Å². The molecule has 0 saturated heterocycles. The van der Waals surface area contributed by atoms with E-state index in [1.807, 2.05) is 0 Å². The van der Waals surface area contributed by atoms with Crippen LogP contribution in [0.2, 0.25) is 5.02 Å². The average Bonchev–Trinajstić information content (AvgIpc) is 2.59. The van der Waals surface area contributed by atoms with Crippen molar-refractivity contribution in [1.82, 2.24) is 14.9 Å². The number of rotatable bonds is 2. The number of nitrogens with one attached hydrogen (secondary N) is 2. The van der Waals surface area contributed by atoms with Crippen LogP contribution in [0.15, 0.2) is 39.0 Å². The van der Waals surface area contributed by atoms with E-state index in [9.17, 15) is 9.59 Å². The summed E-state index contributed by atoms with van der Waals surface area (Å²) in [4.78, 5) is 22.1. The minimum atomic E-state index is -0.616. The molecule has 16 heavy (non-hydrogen) atoms. The number of aromatic nitrogens is 3. The summed E-state index contributed by atoms with van der Waals surface area (Å²) in [5.41, 5.74) is -0.498. The minimum Gasteiger partial charge on any atom is -0.246 e. The largest absolute Gasteiger partial charge is 0.365 e. The molecule has 0 aliphatic carbocycles. The minimum absolute atomic E-state index is 0.605. The van der Waals surface area contributed by atoms with Crippen LogP contribution in [0.25, 0.3) is 0 Å². The molecule has 1 aromatic carbocycles. The average molecular weight is 239 g/mol. The molecule has 2 aromatic rings. The maximum Gasteiger partial charge on any atom is 0.365 e. The van der Waals surface area contributed by atoms with Crippen LogP contribution in [0.4, 0.5) is 0 Å². The number of hydrogen-bond acceptors (Lipinski definition) is 3. The first kappa shape index (κ1) is 10.4. The number of halogens is 1. The molecule has 0 radical (unpaired) electrons. The molecule has 0 saturated carbocycles. The zero-order chi connectivity index (χ0) is 11.5. The van der Waals surface area contributed by atoms with Gasteiger partial charge in [0.2, 0.25) is 0 Å². The quantitative estimate of drug-likeness (QED) is 0.743. The summed E-state index contributed by atoms with van der Waals surface area (Å²) in [5.74, 6) is 0. The SMILES string of the molecule is O=c1[nH][nH]c(=O)n1N=Cc1ccc(Cl)cc1. The maximum atomic E-state index is 11.1. The van der Waals surface area contributed by atoms with Gasteiger partial charge >= 0.3 is 11.4 Å². The lowest BCUT2D eigenvalue weighted by Crippen LogP contribution is -2.22. The van der Waals surface area contributed by atoms with Gasteiger partial charge in [0.25, 0.3) is 0 Å². The van der Waals surface area contributed by atoms with Crippen molar-refractivity contribution in [2.75, 3.05) is 0 Å². The second-order valence-corrected chi connectivity index (χ2v) is 3.40.